The van der Waals surface area contributed by atoms with Crippen LogP contribution in [0, 0.1) is 0 Å². The number of nitrogens with one attached hydrogen (secondary N) is 2. The maximum atomic E-state index is 12.9. The minimum Gasteiger partial charge on any atom is -0.322 e. The van der Waals surface area contributed by atoms with Crippen LogP contribution in [0.1, 0.15) is 20.7 Å². The van der Waals surface area contributed by atoms with E-state index in [4.69, 9.17) is 0 Å². The minimum atomic E-state index is -4.39. The monoisotopic (exact) mass is 576 g/mol. The molecule has 40 heavy (non-hydrogen) atoms. The first-order valence-corrected chi connectivity index (χ1v) is 14.5. The Hall–Kier alpha value is -4.62. The van der Waals surface area contributed by atoms with E-state index in [2.05, 4.69) is 10.6 Å². The topological polar surface area (TPSA) is 167 Å². The fourth-order valence-electron chi connectivity index (χ4n) is 4.13. The molecule has 4 N–H and O–H groups in total. The van der Waals surface area contributed by atoms with E-state index in [-0.39, 0.29) is 20.9 Å². The molecule has 0 fully saturated rings. The smallest absolute Gasteiger partial charge is 0.294 e. The van der Waals surface area contributed by atoms with E-state index < -0.39 is 32.1 Å². The van der Waals surface area contributed by atoms with Crippen LogP contribution in [0.4, 0.5) is 11.4 Å². The molecule has 0 radical (unpaired) electrons. The van der Waals surface area contributed by atoms with Crippen molar-refractivity contribution in [1.82, 2.24) is 0 Å². The molecule has 5 aromatic rings. The number of carbonyl (C=O) groups excluding carboxylic acids is 2. The van der Waals surface area contributed by atoms with Crippen molar-refractivity contribution in [3.05, 3.63) is 108 Å². The predicted molar refractivity (Wildman–Crippen MR) is 150 cm³/mol. The Morgan fingerprint density at radius 2 is 0.900 bits per heavy atom. The molecule has 0 saturated heterocycles. The van der Waals surface area contributed by atoms with E-state index in [0.717, 1.165) is 0 Å². The molecule has 0 unspecified atom stereocenters. The Labute approximate surface area is 228 Å². The molecule has 0 aliphatic rings. The van der Waals surface area contributed by atoms with Gasteiger partial charge in [0.25, 0.3) is 32.1 Å². The molecule has 5 aromatic carbocycles. The first-order valence-electron chi connectivity index (χ1n) is 11.6. The summed E-state index contributed by atoms with van der Waals surface area (Å²) in [7, 11) is -8.77. The Morgan fingerprint density at radius 1 is 0.500 bits per heavy atom. The summed E-state index contributed by atoms with van der Waals surface area (Å²) in [6.07, 6.45) is 0. The molecule has 10 nitrogen and oxygen atoms in total. The standard InChI is InChI=1S/C28H20N2O8S2/c31-27(29-23-8-4-17-6-10-25(39(33,34)35)15-21(17)13-23)19-2-1-3-20(12-19)28(32)30-24-9-5-18-7-11-26(40(36,37)38)16-22(18)14-24/h1-16H,(H,29,31)(H,30,32)(H,33,34,35)(H,36,37,38). The number of benzene rings is 5. The van der Waals surface area contributed by atoms with Gasteiger partial charge in [-0.15, -0.1) is 0 Å². The molecule has 5 rings (SSSR count). The SMILES string of the molecule is O=C(Nc1ccc2ccc(S(=O)(=O)O)cc2c1)c1cccc(C(=O)Nc2ccc3ccc(S(=O)(=O)O)cc3c2)c1. The van der Waals surface area contributed by atoms with Crippen molar-refractivity contribution >= 4 is 65.0 Å². The second kappa shape index (κ2) is 10.2. The van der Waals surface area contributed by atoms with Crippen LogP contribution in [0.25, 0.3) is 21.5 Å². The van der Waals surface area contributed by atoms with E-state index in [1.807, 2.05) is 0 Å². The van der Waals surface area contributed by atoms with Gasteiger partial charge in [0.2, 0.25) is 0 Å². The van der Waals surface area contributed by atoms with Gasteiger partial charge in [-0.05, 0) is 88.3 Å². The molecule has 0 spiro atoms. The van der Waals surface area contributed by atoms with Crippen molar-refractivity contribution in [1.29, 1.82) is 0 Å². The molecule has 0 aliphatic carbocycles. The summed E-state index contributed by atoms with van der Waals surface area (Å²) in [5.41, 5.74) is 1.13. The summed E-state index contributed by atoms with van der Waals surface area (Å²) in [6, 6.07) is 24.0. The zero-order chi connectivity index (χ0) is 28.7. The Bertz CT molecular complexity index is 1910. The Kier molecular flexibility index (Phi) is 6.85. The average Bonchev–Trinajstić information content (AvgIpc) is 2.91. The van der Waals surface area contributed by atoms with E-state index in [1.165, 1.54) is 54.6 Å². The van der Waals surface area contributed by atoms with Gasteiger partial charge in [0.05, 0.1) is 9.79 Å². The van der Waals surface area contributed by atoms with Gasteiger partial charge >= 0.3 is 0 Å². The van der Waals surface area contributed by atoms with Gasteiger partial charge in [-0.2, -0.15) is 16.8 Å². The van der Waals surface area contributed by atoms with Crippen molar-refractivity contribution in [2.45, 2.75) is 9.79 Å². The Morgan fingerprint density at radius 3 is 1.30 bits per heavy atom. The van der Waals surface area contributed by atoms with Gasteiger partial charge < -0.3 is 10.6 Å². The minimum absolute atomic E-state index is 0.190. The normalized spacial score (nSPS) is 11.8. The number of hydrogen-bond acceptors (Lipinski definition) is 6. The van der Waals surface area contributed by atoms with Crippen LogP contribution in [0.15, 0.2) is 107 Å². The van der Waals surface area contributed by atoms with E-state index in [9.17, 15) is 35.5 Å². The van der Waals surface area contributed by atoms with Gasteiger partial charge in [0, 0.05) is 22.5 Å². The van der Waals surface area contributed by atoms with Crippen LogP contribution in [0.3, 0.4) is 0 Å². The fourth-order valence-corrected chi connectivity index (χ4v) is 5.17. The number of fused-ring (bicyclic) bond motifs is 2. The van der Waals surface area contributed by atoms with Crippen molar-refractivity contribution in [2.75, 3.05) is 10.6 Å². The lowest BCUT2D eigenvalue weighted by Crippen LogP contribution is -2.15. The summed E-state index contributed by atoms with van der Waals surface area (Å²) in [5.74, 6) is -1.02. The van der Waals surface area contributed by atoms with E-state index in [1.54, 1.807) is 42.5 Å². The number of carbonyl (C=O) groups is 2. The summed E-state index contributed by atoms with van der Waals surface area (Å²) in [5, 5.41) is 7.79. The largest absolute Gasteiger partial charge is 0.322 e. The molecule has 2 amide bonds. The van der Waals surface area contributed by atoms with Gasteiger partial charge in [-0.25, -0.2) is 0 Å². The lowest BCUT2D eigenvalue weighted by molar-refractivity contribution is 0.102. The van der Waals surface area contributed by atoms with Crippen molar-refractivity contribution in [3.8, 4) is 0 Å². The molecule has 0 aliphatic heterocycles. The van der Waals surface area contributed by atoms with Crippen molar-refractivity contribution in [2.24, 2.45) is 0 Å². The van der Waals surface area contributed by atoms with Gasteiger partial charge in [-0.1, -0.05) is 30.3 Å². The first-order chi connectivity index (χ1) is 18.9. The average molecular weight is 577 g/mol. The molecule has 0 aromatic heterocycles. The third-order valence-electron chi connectivity index (χ3n) is 6.12. The zero-order valence-electron chi connectivity index (χ0n) is 20.4. The summed E-state index contributed by atoms with van der Waals surface area (Å²) >= 11 is 0. The summed E-state index contributed by atoms with van der Waals surface area (Å²) in [4.78, 5) is 25.3. The second-order valence-corrected chi connectivity index (χ2v) is 11.7. The number of rotatable bonds is 6. The van der Waals surface area contributed by atoms with Crippen molar-refractivity contribution < 1.29 is 35.5 Å². The number of amides is 2. The fraction of sp³-hybridized carbons (Fsp3) is 0. The van der Waals surface area contributed by atoms with Gasteiger partial charge in [-0.3, -0.25) is 18.7 Å². The summed E-state index contributed by atoms with van der Waals surface area (Å²) in [6.45, 7) is 0. The van der Waals surface area contributed by atoms with Crippen LogP contribution in [-0.4, -0.2) is 37.8 Å². The highest BCUT2D eigenvalue weighted by Crippen LogP contribution is 2.25. The first kappa shape index (κ1) is 27.0. The van der Waals surface area contributed by atoms with Crippen LogP contribution >= 0.6 is 0 Å². The molecular formula is C28H20N2O8S2. The third-order valence-corrected chi connectivity index (χ3v) is 7.82. The maximum absolute atomic E-state index is 12.9. The lowest BCUT2D eigenvalue weighted by atomic mass is 10.1. The zero-order valence-corrected chi connectivity index (χ0v) is 22.0. The van der Waals surface area contributed by atoms with Gasteiger partial charge in [0.1, 0.15) is 0 Å². The van der Waals surface area contributed by atoms with E-state index in [0.29, 0.717) is 32.9 Å². The lowest BCUT2D eigenvalue weighted by Gasteiger charge is -2.10. The highest BCUT2D eigenvalue weighted by Gasteiger charge is 2.14. The molecule has 12 heteroatoms. The summed E-state index contributed by atoms with van der Waals surface area (Å²) < 4.78 is 64.4. The molecule has 0 saturated carbocycles. The van der Waals surface area contributed by atoms with Crippen molar-refractivity contribution in [3.63, 3.8) is 0 Å². The third kappa shape index (κ3) is 5.84. The molecule has 0 atom stereocenters. The van der Waals surface area contributed by atoms with Gasteiger partial charge in [0.15, 0.2) is 0 Å². The highest BCUT2D eigenvalue weighted by molar-refractivity contribution is 7.86. The second-order valence-electron chi connectivity index (χ2n) is 8.89. The van der Waals surface area contributed by atoms with Crippen LogP contribution in [0.5, 0.6) is 0 Å². The van der Waals surface area contributed by atoms with E-state index >= 15 is 0 Å². The number of hydrogen-bond donors (Lipinski definition) is 4. The Balaban J connectivity index is 1.34. The molecule has 0 bridgehead atoms. The predicted octanol–water partition coefficient (Wildman–Crippen LogP) is 4.99. The molecule has 202 valence electrons. The highest BCUT2D eigenvalue weighted by atomic mass is 32.2. The van der Waals surface area contributed by atoms with Crippen LogP contribution < -0.4 is 10.6 Å². The van der Waals surface area contributed by atoms with Crippen LogP contribution in [-0.2, 0) is 20.2 Å². The molecule has 0 heterocycles. The maximum Gasteiger partial charge on any atom is 0.294 e. The number of anilines is 2. The van der Waals surface area contributed by atoms with Crippen LogP contribution in [0.2, 0.25) is 0 Å². The quantitative estimate of drug-likeness (QED) is 0.205. The molecular weight excluding hydrogens is 556 g/mol.